The van der Waals surface area contributed by atoms with Crippen molar-refractivity contribution in [1.29, 1.82) is 0 Å². The molecule has 1 aliphatic rings. The van der Waals surface area contributed by atoms with Gasteiger partial charge in [-0.15, -0.1) is 0 Å². The number of para-hydroxylation sites is 1. The lowest BCUT2D eigenvalue weighted by molar-refractivity contribution is -0.118. The summed E-state index contributed by atoms with van der Waals surface area (Å²) in [5.41, 5.74) is 2.06. The Kier molecular flexibility index (Phi) is 6.34. The number of hydrogen-bond donors (Lipinski definition) is 1. The minimum Gasteiger partial charge on any atom is -0.484 e. The fourth-order valence-corrected chi connectivity index (χ4v) is 5.23. The van der Waals surface area contributed by atoms with Gasteiger partial charge in [0.1, 0.15) is 11.6 Å². The normalized spacial score (nSPS) is 13.4. The van der Waals surface area contributed by atoms with Gasteiger partial charge in [-0.1, -0.05) is 29.8 Å². The van der Waals surface area contributed by atoms with Crippen molar-refractivity contribution in [3.05, 3.63) is 83.1 Å². The molecule has 0 unspecified atom stereocenters. The minimum atomic E-state index is -3.72. The molecule has 0 aromatic heterocycles. The lowest BCUT2D eigenvalue weighted by Crippen LogP contribution is -2.35. The van der Waals surface area contributed by atoms with E-state index in [0.717, 1.165) is 24.5 Å². The first-order chi connectivity index (χ1) is 15.3. The molecule has 4 rings (SSSR count). The van der Waals surface area contributed by atoms with Crippen LogP contribution in [-0.2, 0) is 21.2 Å². The van der Waals surface area contributed by atoms with Crippen LogP contribution in [0, 0.1) is 5.82 Å². The first-order valence-corrected chi connectivity index (χ1v) is 11.7. The Morgan fingerprint density at radius 3 is 2.59 bits per heavy atom. The van der Waals surface area contributed by atoms with Gasteiger partial charge in [0.05, 0.1) is 15.6 Å². The van der Waals surface area contributed by atoms with Crippen LogP contribution in [0.15, 0.2) is 71.6 Å². The first kappa shape index (κ1) is 22.1. The molecule has 0 spiro atoms. The van der Waals surface area contributed by atoms with Gasteiger partial charge in [0.25, 0.3) is 15.9 Å². The van der Waals surface area contributed by atoms with Crippen molar-refractivity contribution in [3.63, 3.8) is 0 Å². The van der Waals surface area contributed by atoms with E-state index in [-0.39, 0.29) is 16.5 Å². The monoisotopic (exact) mass is 474 g/mol. The summed E-state index contributed by atoms with van der Waals surface area (Å²) in [5, 5.41) is 2.45. The molecule has 0 bridgehead atoms. The summed E-state index contributed by atoms with van der Waals surface area (Å²) in [6.45, 7) is 0.117. The smallest absolute Gasteiger partial charge is 0.264 e. The number of benzene rings is 3. The number of nitrogens with one attached hydrogen (secondary N) is 1. The summed E-state index contributed by atoms with van der Waals surface area (Å²) in [6, 6.07) is 17.3. The maximum Gasteiger partial charge on any atom is 0.264 e. The molecule has 166 valence electrons. The summed E-state index contributed by atoms with van der Waals surface area (Å²) in [4.78, 5) is 12.2. The Morgan fingerprint density at radius 2 is 1.84 bits per heavy atom. The third-order valence-corrected chi connectivity index (χ3v) is 7.17. The van der Waals surface area contributed by atoms with Crippen LogP contribution in [0.4, 0.5) is 15.8 Å². The molecule has 1 N–H and O–H groups in total. The Hall–Kier alpha value is -3.10. The quantitative estimate of drug-likeness (QED) is 0.564. The van der Waals surface area contributed by atoms with E-state index in [0.29, 0.717) is 23.7 Å². The molecular weight excluding hydrogens is 455 g/mol. The highest BCUT2D eigenvalue weighted by atomic mass is 35.5. The number of fused-ring (bicyclic) bond motifs is 1. The minimum absolute atomic E-state index is 0.100. The summed E-state index contributed by atoms with van der Waals surface area (Å²) in [5.74, 6) is -0.700. The van der Waals surface area contributed by atoms with Gasteiger partial charge in [-0.2, -0.15) is 0 Å². The predicted octanol–water partition coefficient (Wildman–Crippen LogP) is 4.64. The number of carbonyl (C=O) groups is 1. The van der Waals surface area contributed by atoms with Crippen LogP contribution in [0.5, 0.6) is 5.75 Å². The molecule has 3 aromatic carbocycles. The third-order valence-electron chi connectivity index (χ3n) is 5.05. The molecule has 0 saturated carbocycles. The lowest BCUT2D eigenvalue weighted by atomic mass is 10.0. The maximum atomic E-state index is 13.2. The predicted molar refractivity (Wildman–Crippen MR) is 121 cm³/mol. The van der Waals surface area contributed by atoms with Crippen molar-refractivity contribution in [3.8, 4) is 5.75 Å². The molecule has 1 amide bonds. The molecule has 6 nitrogen and oxygen atoms in total. The molecule has 0 aliphatic carbocycles. The van der Waals surface area contributed by atoms with E-state index < -0.39 is 21.7 Å². The van der Waals surface area contributed by atoms with Gasteiger partial charge >= 0.3 is 0 Å². The Balaban J connectivity index is 1.41. The van der Waals surface area contributed by atoms with Gasteiger partial charge in [-0.3, -0.25) is 9.10 Å². The van der Waals surface area contributed by atoms with Crippen LogP contribution in [0.25, 0.3) is 0 Å². The Labute approximate surface area is 190 Å². The van der Waals surface area contributed by atoms with Crippen LogP contribution in [0.2, 0.25) is 5.02 Å². The number of carbonyl (C=O) groups excluding carboxylic acids is 1. The zero-order valence-electron chi connectivity index (χ0n) is 16.9. The number of anilines is 2. The average Bonchev–Trinajstić information content (AvgIpc) is 2.80. The number of nitrogens with zero attached hydrogens (tertiary/aromatic N) is 1. The number of rotatable bonds is 6. The van der Waals surface area contributed by atoms with Crippen LogP contribution >= 0.6 is 11.6 Å². The van der Waals surface area contributed by atoms with Gasteiger partial charge in [0.15, 0.2) is 6.61 Å². The van der Waals surface area contributed by atoms with Crippen LogP contribution in [0.1, 0.15) is 12.0 Å². The molecule has 0 atom stereocenters. The topological polar surface area (TPSA) is 75.7 Å². The zero-order chi connectivity index (χ0) is 22.7. The summed E-state index contributed by atoms with van der Waals surface area (Å²) < 4.78 is 46.4. The number of hydrogen-bond acceptors (Lipinski definition) is 4. The Bertz CT molecular complexity index is 1250. The number of aryl methyl sites for hydroxylation is 1. The second kappa shape index (κ2) is 9.18. The van der Waals surface area contributed by atoms with E-state index in [2.05, 4.69) is 5.32 Å². The molecule has 32 heavy (non-hydrogen) atoms. The van der Waals surface area contributed by atoms with Crippen molar-refractivity contribution >= 4 is 38.9 Å². The molecule has 0 saturated heterocycles. The summed E-state index contributed by atoms with van der Waals surface area (Å²) >= 11 is 5.70. The highest BCUT2D eigenvalue weighted by molar-refractivity contribution is 7.92. The molecule has 9 heteroatoms. The van der Waals surface area contributed by atoms with Crippen LogP contribution in [-0.4, -0.2) is 27.5 Å². The summed E-state index contributed by atoms with van der Waals surface area (Å²) in [6.07, 6.45) is 1.60. The van der Waals surface area contributed by atoms with Gasteiger partial charge in [-0.25, -0.2) is 12.8 Å². The highest BCUT2D eigenvalue weighted by Gasteiger charge is 2.28. The second-order valence-electron chi connectivity index (χ2n) is 7.25. The van der Waals surface area contributed by atoms with Crippen molar-refractivity contribution in [2.75, 3.05) is 22.8 Å². The van der Waals surface area contributed by atoms with E-state index in [4.69, 9.17) is 16.3 Å². The van der Waals surface area contributed by atoms with E-state index in [9.17, 15) is 17.6 Å². The first-order valence-electron chi connectivity index (χ1n) is 9.93. The van der Waals surface area contributed by atoms with E-state index >= 15 is 0 Å². The molecule has 0 radical (unpaired) electrons. The largest absolute Gasteiger partial charge is 0.484 e. The van der Waals surface area contributed by atoms with E-state index in [1.54, 1.807) is 0 Å². The maximum absolute atomic E-state index is 13.2. The number of halogens is 2. The fraction of sp³-hybridized carbons (Fsp3) is 0.174. The van der Waals surface area contributed by atoms with Gasteiger partial charge in [0.2, 0.25) is 0 Å². The Morgan fingerprint density at radius 1 is 1.09 bits per heavy atom. The summed E-state index contributed by atoms with van der Waals surface area (Å²) in [7, 11) is -3.72. The highest BCUT2D eigenvalue weighted by Crippen LogP contribution is 2.32. The standard InChI is InChI=1S/C23H20ClFN2O4S/c24-20-14-17(7-12-21(20)25)26-23(28)15-31-18-8-10-19(11-9-18)32(29,30)27-13-3-5-16-4-1-2-6-22(16)27/h1-2,4,6-12,14H,3,5,13,15H2,(H,26,28). The van der Waals surface area contributed by atoms with Gasteiger partial charge in [0, 0.05) is 12.2 Å². The molecular formula is C23H20ClFN2O4S. The van der Waals surface area contributed by atoms with Gasteiger partial charge in [-0.05, 0) is 66.9 Å². The van der Waals surface area contributed by atoms with E-state index in [1.807, 2.05) is 24.3 Å². The van der Waals surface area contributed by atoms with Crippen molar-refractivity contribution in [1.82, 2.24) is 0 Å². The fourth-order valence-electron chi connectivity index (χ4n) is 3.50. The number of ether oxygens (including phenoxy) is 1. The van der Waals surface area contributed by atoms with Crippen LogP contribution < -0.4 is 14.4 Å². The third kappa shape index (κ3) is 4.71. The van der Waals surface area contributed by atoms with E-state index in [1.165, 1.54) is 40.7 Å². The van der Waals surface area contributed by atoms with Crippen molar-refractivity contribution in [2.45, 2.75) is 17.7 Å². The molecule has 1 heterocycles. The zero-order valence-corrected chi connectivity index (χ0v) is 18.5. The average molecular weight is 475 g/mol. The van der Waals surface area contributed by atoms with Crippen LogP contribution in [0.3, 0.4) is 0 Å². The number of amides is 1. The van der Waals surface area contributed by atoms with Crippen molar-refractivity contribution in [2.24, 2.45) is 0 Å². The van der Waals surface area contributed by atoms with Crippen molar-refractivity contribution < 1.29 is 22.3 Å². The number of sulfonamides is 1. The van der Waals surface area contributed by atoms with Gasteiger partial charge < -0.3 is 10.1 Å². The molecule has 0 fully saturated rings. The molecule has 1 aliphatic heterocycles. The lowest BCUT2D eigenvalue weighted by Gasteiger charge is -2.30. The second-order valence-corrected chi connectivity index (χ2v) is 9.52. The SMILES string of the molecule is O=C(COc1ccc(S(=O)(=O)N2CCCc3ccccc32)cc1)Nc1ccc(F)c(Cl)c1. The molecule has 3 aromatic rings.